The van der Waals surface area contributed by atoms with Crippen LogP contribution in [0.4, 0.5) is 0 Å². The van der Waals surface area contributed by atoms with Crippen LogP contribution in [0.1, 0.15) is 31.4 Å². The van der Waals surface area contributed by atoms with Crippen molar-refractivity contribution in [2.24, 2.45) is 5.92 Å². The second kappa shape index (κ2) is 5.56. The summed E-state index contributed by atoms with van der Waals surface area (Å²) in [5.74, 6) is 1.58. The monoisotopic (exact) mass is 234 g/mol. The predicted molar refractivity (Wildman–Crippen MR) is 68.8 cm³/mol. The highest BCUT2D eigenvalue weighted by molar-refractivity contribution is 5.07. The zero-order valence-corrected chi connectivity index (χ0v) is 11.0. The van der Waals surface area contributed by atoms with Crippen molar-refractivity contribution < 1.29 is 0 Å². The molecule has 0 aliphatic carbocycles. The molecule has 1 aliphatic heterocycles. The van der Waals surface area contributed by atoms with Gasteiger partial charge < -0.3 is 10.2 Å². The SMILES string of the molecule is CC(C)Cc1ccnc(C2CN(C)CCN2)n1. The molecule has 1 fully saturated rings. The highest BCUT2D eigenvalue weighted by Crippen LogP contribution is 2.13. The third-order valence-electron chi connectivity index (χ3n) is 3.04. The minimum Gasteiger partial charge on any atom is -0.305 e. The van der Waals surface area contributed by atoms with Crippen molar-refractivity contribution in [2.75, 3.05) is 26.7 Å². The van der Waals surface area contributed by atoms with E-state index in [1.165, 1.54) is 0 Å². The van der Waals surface area contributed by atoms with Gasteiger partial charge in [0.1, 0.15) is 5.82 Å². The number of piperazine rings is 1. The van der Waals surface area contributed by atoms with Gasteiger partial charge in [-0.05, 0) is 25.5 Å². The summed E-state index contributed by atoms with van der Waals surface area (Å²) in [5, 5.41) is 3.48. The molecule has 4 nitrogen and oxygen atoms in total. The molecule has 0 spiro atoms. The maximum atomic E-state index is 4.67. The molecule has 1 unspecified atom stereocenters. The predicted octanol–water partition coefficient (Wildman–Crippen LogP) is 1.25. The lowest BCUT2D eigenvalue weighted by Crippen LogP contribution is -2.44. The Bertz CT molecular complexity index is 364. The summed E-state index contributed by atoms with van der Waals surface area (Å²) in [6, 6.07) is 2.30. The lowest BCUT2D eigenvalue weighted by Gasteiger charge is -2.29. The summed E-state index contributed by atoms with van der Waals surface area (Å²) in [6.07, 6.45) is 2.91. The molecule has 1 atom stereocenters. The summed E-state index contributed by atoms with van der Waals surface area (Å²) in [6.45, 7) is 7.54. The second-order valence-electron chi connectivity index (χ2n) is 5.27. The normalized spacial score (nSPS) is 22.0. The summed E-state index contributed by atoms with van der Waals surface area (Å²) in [5.41, 5.74) is 1.15. The van der Waals surface area contributed by atoms with Crippen LogP contribution in [0.5, 0.6) is 0 Å². The number of hydrogen-bond acceptors (Lipinski definition) is 4. The Morgan fingerprint density at radius 2 is 2.35 bits per heavy atom. The first kappa shape index (κ1) is 12.5. The Morgan fingerprint density at radius 3 is 3.06 bits per heavy atom. The van der Waals surface area contributed by atoms with Gasteiger partial charge in [-0.1, -0.05) is 13.8 Å². The fraction of sp³-hybridized carbons (Fsp3) is 0.692. The van der Waals surface area contributed by atoms with E-state index >= 15 is 0 Å². The highest BCUT2D eigenvalue weighted by atomic mass is 15.2. The van der Waals surface area contributed by atoms with Crippen LogP contribution in [0.15, 0.2) is 12.3 Å². The Kier molecular flexibility index (Phi) is 4.07. The standard InChI is InChI=1S/C13H22N4/c1-10(2)8-11-4-5-15-13(16-11)12-9-17(3)7-6-14-12/h4-5,10,12,14H,6-9H2,1-3H3. The topological polar surface area (TPSA) is 41.1 Å². The third kappa shape index (κ3) is 3.48. The molecule has 2 rings (SSSR count). The van der Waals surface area contributed by atoms with Gasteiger partial charge in [-0.2, -0.15) is 0 Å². The molecular formula is C13H22N4. The van der Waals surface area contributed by atoms with E-state index in [0.29, 0.717) is 5.92 Å². The number of hydrogen-bond donors (Lipinski definition) is 1. The van der Waals surface area contributed by atoms with E-state index in [9.17, 15) is 0 Å². The average molecular weight is 234 g/mol. The van der Waals surface area contributed by atoms with Crippen molar-refractivity contribution in [1.82, 2.24) is 20.2 Å². The largest absolute Gasteiger partial charge is 0.305 e. The van der Waals surface area contributed by atoms with E-state index in [0.717, 1.165) is 37.6 Å². The minimum atomic E-state index is 0.279. The molecule has 1 saturated heterocycles. The van der Waals surface area contributed by atoms with Crippen LogP contribution in [0, 0.1) is 5.92 Å². The molecule has 0 radical (unpaired) electrons. The van der Waals surface area contributed by atoms with E-state index in [1.54, 1.807) is 0 Å². The van der Waals surface area contributed by atoms with E-state index in [-0.39, 0.29) is 6.04 Å². The van der Waals surface area contributed by atoms with Crippen molar-refractivity contribution in [3.8, 4) is 0 Å². The van der Waals surface area contributed by atoms with E-state index in [4.69, 9.17) is 0 Å². The molecule has 1 aromatic heterocycles. The first-order valence-electron chi connectivity index (χ1n) is 6.39. The summed E-state index contributed by atoms with van der Waals surface area (Å²) in [7, 11) is 2.14. The number of nitrogens with one attached hydrogen (secondary N) is 1. The highest BCUT2D eigenvalue weighted by Gasteiger charge is 2.20. The Hall–Kier alpha value is -1.00. The summed E-state index contributed by atoms with van der Waals surface area (Å²) < 4.78 is 0. The average Bonchev–Trinajstić information content (AvgIpc) is 2.28. The Morgan fingerprint density at radius 1 is 1.53 bits per heavy atom. The molecule has 2 heterocycles. The first-order chi connectivity index (χ1) is 8.15. The van der Waals surface area contributed by atoms with Gasteiger partial charge in [0.05, 0.1) is 6.04 Å². The van der Waals surface area contributed by atoms with Crippen molar-refractivity contribution in [3.63, 3.8) is 0 Å². The fourth-order valence-electron chi connectivity index (χ4n) is 2.18. The van der Waals surface area contributed by atoms with Gasteiger partial charge in [0.15, 0.2) is 0 Å². The third-order valence-corrected chi connectivity index (χ3v) is 3.04. The molecule has 0 bridgehead atoms. The Labute approximate surface area is 103 Å². The molecule has 94 valence electrons. The molecular weight excluding hydrogens is 212 g/mol. The molecule has 0 saturated carbocycles. The van der Waals surface area contributed by atoms with Crippen LogP contribution >= 0.6 is 0 Å². The van der Waals surface area contributed by atoms with Gasteiger partial charge in [-0.3, -0.25) is 0 Å². The lowest BCUT2D eigenvalue weighted by molar-refractivity contribution is 0.235. The van der Waals surface area contributed by atoms with Gasteiger partial charge in [0.2, 0.25) is 0 Å². The zero-order valence-electron chi connectivity index (χ0n) is 11.0. The first-order valence-corrected chi connectivity index (χ1v) is 6.39. The van der Waals surface area contributed by atoms with Gasteiger partial charge in [0.25, 0.3) is 0 Å². The number of aromatic nitrogens is 2. The molecule has 1 aromatic rings. The molecule has 1 N–H and O–H groups in total. The van der Waals surface area contributed by atoms with Crippen LogP contribution < -0.4 is 5.32 Å². The number of likely N-dealkylation sites (N-methyl/N-ethyl adjacent to an activating group) is 1. The van der Waals surface area contributed by atoms with Crippen molar-refractivity contribution >= 4 is 0 Å². The van der Waals surface area contributed by atoms with Gasteiger partial charge in [-0.15, -0.1) is 0 Å². The van der Waals surface area contributed by atoms with E-state index in [1.807, 2.05) is 12.3 Å². The maximum Gasteiger partial charge on any atom is 0.146 e. The fourth-order valence-corrected chi connectivity index (χ4v) is 2.18. The van der Waals surface area contributed by atoms with Gasteiger partial charge >= 0.3 is 0 Å². The van der Waals surface area contributed by atoms with Crippen molar-refractivity contribution in [3.05, 3.63) is 23.8 Å². The molecule has 17 heavy (non-hydrogen) atoms. The second-order valence-corrected chi connectivity index (χ2v) is 5.27. The van der Waals surface area contributed by atoms with Crippen LogP contribution in [0.3, 0.4) is 0 Å². The zero-order chi connectivity index (χ0) is 12.3. The maximum absolute atomic E-state index is 4.67. The molecule has 4 heteroatoms. The van der Waals surface area contributed by atoms with Gasteiger partial charge in [-0.25, -0.2) is 9.97 Å². The quantitative estimate of drug-likeness (QED) is 0.854. The van der Waals surface area contributed by atoms with E-state index in [2.05, 4.69) is 41.1 Å². The van der Waals surface area contributed by atoms with Crippen molar-refractivity contribution in [2.45, 2.75) is 26.3 Å². The summed E-state index contributed by atoms with van der Waals surface area (Å²) in [4.78, 5) is 11.4. The molecule has 0 aromatic carbocycles. The molecule has 1 aliphatic rings. The lowest BCUT2D eigenvalue weighted by atomic mass is 10.1. The number of nitrogens with zero attached hydrogens (tertiary/aromatic N) is 3. The van der Waals surface area contributed by atoms with Crippen LogP contribution in [0.25, 0.3) is 0 Å². The number of rotatable bonds is 3. The van der Waals surface area contributed by atoms with Crippen LogP contribution in [0.2, 0.25) is 0 Å². The van der Waals surface area contributed by atoms with Crippen molar-refractivity contribution in [1.29, 1.82) is 0 Å². The minimum absolute atomic E-state index is 0.279. The van der Waals surface area contributed by atoms with Crippen LogP contribution in [-0.4, -0.2) is 41.5 Å². The summed E-state index contributed by atoms with van der Waals surface area (Å²) >= 11 is 0. The van der Waals surface area contributed by atoms with Gasteiger partial charge in [0, 0.05) is 31.5 Å². The van der Waals surface area contributed by atoms with Crippen LogP contribution in [-0.2, 0) is 6.42 Å². The smallest absolute Gasteiger partial charge is 0.146 e. The Balaban J connectivity index is 2.09. The molecule has 0 amide bonds. The van der Waals surface area contributed by atoms with E-state index < -0.39 is 0 Å².